The maximum atomic E-state index is 10.9. The van der Waals surface area contributed by atoms with E-state index in [0.29, 0.717) is 13.2 Å². The summed E-state index contributed by atoms with van der Waals surface area (Å²) in [6.07, 6.45) is 0. The Morgan fingerprint density at radius 2 is 2.20 bits per heavy atom. The molecule has 0 saturated carbocycles. The van der Waals surface area contributed by atoms with Crippen molar-refractivity contribution in [2.45, 2.75) is 13.8 Å². The summed E-state index contributed by atoms with van der Waals surface area (Å²) < 4.78 is 4.76. The molecule has 0 heterocycles. The molecule has 0 aromatic rings. The molecular formula is C7H15NO2. The van der Waals surface area contributed by atoms with E-state index >= 15 is 0 Å². The summed E-state index contributed by atoms with van der Waals surface area (Å²) in [4.78, 5) is 10.9. The predicted molar refractivity (Wildman–Crippen MR) is 39.7 cm³/mol. The molecule has 3 heteroatoms. The Balaban J connectivity index is 3.22. The number of nitrogens with one attached hydrogen (secondary N) is 1. The van der Waals surface area contributed by atoms with E-state index in [9.17, 15) is 4.79 Å². The van der Waals surface area contributed by atoms with Gasteiger partial charge in [0.1, 0.15) is 0 Å². The molecule has 0 unspecified atom stereocenters. The summed E-state index contributed by atoms with van der Waals surface area (Å²) in [6, 6.07) is 0. The average Bonchev–Trinajstić information content (AvgIpc) is 1.88. The van der Waals surface area contributed by atoms with E-state index in [4.69, 9.17) is 4.74 Å². The van der Waals surface area contributed by atoms with Gasteiger partial charge in [-0.1, -0.05) is 13.8 Å². The molecule has 10 heavy (non-hydrogen) atoms. The van der Waals surface area contributed by atoms with Crippen LogP contribution in [-0.2, 0) is 9.53 Å². The summed E-state index contributed by atoms with van der Waals surface area (Å²) in [6.45, 7) is 4.91. The third-order valence-electron chi connectivity index (χ3n) is 1.13. The highest BCUT2D eigenvalue weighted by Crippen LogP contribution is 1.88. The smallest absolute Gasteiger partial charge is 0.222 e. The Labute approximate surface area is 61.8 Å². The molecule has 0 fully saturated rings. The monoisotopic (exact) mass is 145 g/mol. The van der Waals surface area contributed by atoms with Gasteiger partial charge < -0.3 is 10.1 Å². The van der Waals surface area contributed by atoms with Crippen molar-refractivity contribution in [2.75, 3.05) is 20.3 Å². The highest BCUT2D eigenvalue weighted by Gasteiger charge is 2.03. The summed E-state index contributed by atoms with van der Waals surface area (Å²) in [5, 5.41) is 2.72. The fraction of sp³-hybridized carbons (Fsp3) is 0.857. The van der Waals surface area contributed by atoms with Crippen LogP contribution in [0.25, 0.3) is 0 Å². The van der Waals surface area contributed by atoms with E-state index in [1.165, 1.54) is 0 Å². The van der Waals surface area contributed by atoms with Crippen molar-refractivity contribution in [3.63, 3.8) is 0 Å². The van der Waals surface area contributed by atoms with Crippen molar-refractivity contribution in [3.8, 4) is 0 Å². The molecule has 60 valence electrons. The van der Waals surface area contributed by atoms with Crippen LogP contribution in [0, 0.1) is 5.92 Å². The molecule has 0 spiro atoms. The number of ether oxygens (including phenoxy) is 1. The second kappa shape index (κ2) is 5.23. The standard InChI is InChI=1S/C7H15NO2/c1-6(2)7(9)8-4-5-10-3/h6H,4-5H2,1-3H3,(H,8,9). The minimum absolute atomic E-state index is 0.0665. The molecule has 0 aromatic heterocycles. The van der Waals surface area contributed by atoms with Gasteiger partial charge in [0.05, 0.1) is 6.61 Å². The van der Waals surface area contributed by atoms with E-state index in [1.54, 1.807) is 7.11 Å². The third kappa shape index (κ3) is 4.32. The molecule has 0 aliphatic heterocycles. The van der Waals surface area contributed by atoms with Gasteiger partial charge in [-0.15, -0.1) is 0 Å². The van der Waals surface area contributed by atoms with Gasteiger partial charge in [-0.05, 0) is 0 Å². The van der Waals surface area contributed by atoms with Crippen molar-refractivity contribution in [1.82, 2.24) is 5.32 Å². The van der Waals surface area contributed by atoms with Crippen LogP contribution in [0.3, 0.4) is 0 Å². The quantitative estimate of drug-likeness (QED) is 0.582. The lowest BCUT2D eigenvalue weighted by molar-refractivity contribution is -0.124. The topological polar surface area (TPSA) is 38.3 Å². The molecule has 0 aliphatic carbocycles. The van der Waals surface area contributed by atoms with Gasteiger partial charge in [0.15, 0.2) is 0 Å². The van der Waals surface area contributed by atoms with Crippen LogP contribution < -0.4 is 5.32 Å². The van der Waals surface area contributed by atoms with Crippen LogP contribution >= 0.6 is 0 Å². The van der Waals surface area contributed by atoms with Gasteiger partial charge in [0.25, 0.3) is 0 Å². The first-order valence-electron chi connectivity index (χ1n) is 3.45. The van der Waals surface area contributed by atoms with Gasteiger partial charge in [0.2, 0.25) is 5.91 Å². The molecule has 0 aliphatic rings. The van der Waals surface area contributed by atoms with E-state index in [2.05, 4.69) is 5.32 Å². The minimum Gasteiger partial charge on any atom is -0.383 e. The Bertz CT molecular complexity index is 102. The second-order valence-corrected chi connectivity index (χ2v) is 2.44. The molecule has 0 rings (SSSR count). The summed E-state index contributed by atoms with van der Waals surface area (Å²) >= 11 is 0. The van der Waals surface area contributed by atoms with Crippen LogP contribution in [0.5, 0.6) is 0 Å². The van der Waals surface area contributed by atoms with E-state index < -0.39 is 0 Å². The average molecular weight is 145 g/mol. The number of carbonyl (C=O) groups is 1. The number of hydrogen-bond acceptors (Lipinski definition) is 2. The van der Waals surface area contributed by atoms with Crippen molar-refractivity contribution in [1.29, 1.82) is 0 Å². The Hall–Kier alpha value is -0.570. The van der Waals surface area contributed by atoms with Gasteiger partial charge in [-0.2, -0.15) is 0 Å². The van der Waals surface area contributed by atoms with Crippen molar-refractivity contribution >= 4 is 5.91 Å². The maximum Gasteiger partial charge on any atom is 0.222 e. The first kappa shape index (κ1) is 9.43. The van der Waals surface area contributed by atoms with E-state index in [1.807, 2.05) is 13.8 Å². The van der Waals surface area contributed by atoms with E-state index in [0.717, 1.165) is 0 Å². The molecule has 0 aromatic carbocycles. The first-order valence-corrected chi connectivity index (χ1v) is 3.45. The van der Waals surface area contributed by atoms with Crippen molar-refractivity contribution < 1.29 is 9.53 Å². The van der Waals surface area contributed by atoms with Crippen molar-refractivity contribution in [3.05, 3.63) is 0 Å². The van der Waals surface area contributed by atoms with Gasteiger partial charge in [-0.25, -0.2) is 0 Å². The fourth-order valence-electron chi connectivity index (χ4n) is 0.480. The zero-order valence-electron chi connectivity index (χ0n) is 6.81. The number of rotatable bonds is 4. The van der Waals surface area contributed by atoms with Gasteiger partial charge >= 0.3 is 0 Å². The molecule has 0 bridgehead atoms. The zero-order chi connectivity index (χ0) is 7.98. The second-order valence-electron chi connectivity index (χ2n) is 2.44. The molecule has 1 amide bonds. The van der Waals surface area contributed by atoms with Crippen LogP contribution in [-0.4, -0.2) is 26.2 Å². The SMILES string of the molecule is COCCNC(=O)C(C)C. The first-order chi connectivity index (χ1) is 4.68. The van der Waals surface area contributed by atoms with E-state index in [-0.39, 0.29) is 11.8 Å². The highest BCUT2D eigenvalue weighted by molar-refractivity contribution is 5.77. The molecule has 3 nitrogen and oxygen atoms in total. The Kier molecular flexibility index (Phi) is 4.94. The molecular weight excluding hydrogens is 130 g/mol. The van der Waals surface area contributed by atoms with Gasteiger partial charge in [0, 0.05) is 19.6 Å². The fourth-order valence-corrected chi connectivity index (χ4v) is 0.480. The Morgan fingerprint density at radius 3 is 2.60 bits per heavy atom. The van der Waals surface area contributed by atoms with Crippen LogP contribution in [0.15, 0.2) is 0 Å². The number of carbonyl (C=O) groups excluding carboxylic acids is 1. The minimum atomic E-state index is 0.0665. The maximum absolute atomic E-state index is 10.9. The highest BCUT2D eigenvalue weighted by atomic mass is 16.5. The predicted octanol–water partition coefficient (Wildman–Crippen LogP) is 0.405. The summed E-state index contributed by atoms with van der Waals surface area (Å²) in [5.41, 5.74) is 0. The van der Waals surface area contributed by atoms with Crippen LogP contribution in [0.2, 0.25) is 0 Å². The largest absolute Gasteiger partial charge is 0.383 e. The molecule has 0 atom stereocenters. The Morgan fingerprint density at radius 1 is 1.60 bits per heavy atom. The van der Waals surface area contributed by atoms with Crippen LogP contribution in [0.4, 0.5) is 0 Å². The molecule has 0 radical (unpaired) electrons. The third-order valence-corrected chi connectivity index (χ3v) is 1.13. The lowest BCUT2D eigenvalue weighted by atomic mass is 10.2. The van der Waals surface area contributed by atoms with Gasteiger partial charge in [-0.3, -0.25) is 4.79 Å². The number of amides is 1. The normalized spacial score (nSPS) is 10.0. The number of hydrogen-bond donors (Lipinski definition) is 1. The van der Waals surface area contributed by atoms with Crippen molar-refractivity contribution in [2.24, 2.45) is 5.92 Å². The molecule has 0 saturated heterocycles. The number of methoxy groups -OCH3 is 1. The lowest BCUT2D eigenvalue weighted by Crippen LogP contribution is -2.30. The summed E-state index contributed by atoms with van der Waals surface area (Å²) in [7, 11) is 1.61. The zero-order valence-corrected chi connectivity index (χ0v) is 6.81. The lowest BCUT2D eigenvalue weighted by Gasteiger charge is -2.05. The molecule has 1 N–H and O–H groups in total. The van der Waals surface area contributed by atoms with Crippen LogP contribution in [0.1, 0.15) is 13.8 Å². The summed E-state index contributed by atoms with van der Waals surface area (Å²) in [5.74, 6) is 0.147.